The minimum atomic E-state index is -5.69. The molecule has 1 aromatic rings. The van der Waals surface area contributed by atoms with Gasteiger partial charge in [0.25, 0.3) is 0 Å². The molecule has 0 unspecified atom stereocenters. The fourth-order valence-electron chi connectivity index (χ4n) is 1.46. The molecule has 1 aromatic carbocycles. The van der Waals surface area contributed by atoms with Crippen LogP contribution in [0.15, 0.2) is 30.4 Å². The Labute approximate surface area is 167 Å². The van der Waals surface area contributed by atoms with Crippen LogP contribution in [-0.2, 0) is 24.4 Å². The number of hydrogen-bond donors (Lipinski definition) is 1. The van der Waals surface area contributed by atoms with Crippen molar-refractivity contribution in [2.24, 2.45) is 0 Å². The lowest BCUT2D eigenvalue weighted by atomic mass is 10.2. The maximum atomic E-state index is 13.1. The van der Waals surface area contributed by atoms with Crippen LogP contribution in [-0.4, -0.2) is 50.0 Å². The first kappa shape index (κ1) is 23.2. The zero-order chi connectivity index (χ0) is 20.8. The van der Waals surface area contributed by atoms with E-state index in [1.54, 1.807) is 0 Å². The topological polar surface area (TPSA) is 116 Å². The predicted molar refractivity (Wildman–Crippen MR) is 97.2 cm³/mol. The molecule has 0 aromatic heterocycles. The van der Waals surface area contributed by atoms with Crippen LogP contribution in [0.1, 0.15) is 17.3 Å². The van der Waals surface area contributed by atoms with Crippen molar-refractivity contribution in [2.45, 2.75) is 12.2 Å². The normalized spacial score (nSPS) is 11.6. The molecule has 1 rings (SSSR count). The number of halogens is 3. The second-order valence-electron chi connectivity index (χ2n) is 5.10. The van der Waals surface area contributed by atoms with Crippen LogP contribution in [0.2, 0.25) is 0 Å². The summed E-state index contributed by atoms with van der Waals surface area (Å²) in [6, 6.07) is 3.84. The number of esters is 2. The van der Waals surface area contributed by atoms with Crippen molar-refractivity contribution in [3.05, 3.63) is 39.5 Å². The Hall–Kier alpha value is -1.80. The molecule has 0 radical (unpaired) electrons. The van der Waals surface area contributed by atoms with Gasteiger partial charge in [0.05, 0.1) is 9.13 Å². The van der Waals surface area contributed by atoms with E-state index in [0.29, 0.717) is 9.32 Å². The molecule has 8 nitrogen and oxygen atoms in total. The zero-order valence-corrected chi connectivity index (χ0v) is 16.9. The number of carbonyl (C=O) groups is 2. The molecular weight excluding hydrogens is 505 g/mol. The molecule has 0 saturated carbocycles. The van der Waals surface area contributed by atoms with E-state index in [1.165, 1.54) is 25.1 Å². The van der Waals surface area contributed by atoms with Crippen molar-refractivity contribution in [1.82, 2.24) is 0 Å². The van der Waals surface area contributed by atoms with E-state index in [1.807, 2.05) is 22.6 Å². The smallest absolute Gasteiger partial charge is 0.402 e. The Morgan fingerprint density at radius 1 is 1.26 bits per heavy atom. The lowest BCUT2D eigenvalue weighted by molar-refractivity contribution is -0.139. The predicted octanol–water partition coefficient (Wildman–Crippen LogP) is 2.43. The Kier molecular flexibility index (Phi) is 8.10. The van der Waals surface area contributed by atoms with Crippen LogP contribution in [0.4, 0.5) is 8.78 Å². The summed E-state index contributed by atoms with van der Waals surface area (Å²) < 4.78 is 70.2. The molecule has 0 aliphatic rings. The van der Waals surface area contributed by atoms with Crippen LogP contribution < -0.4 is 4.74 Å². The zero-order valence-electron chi connectivity index (χ0n) is 13.9. The van der Waals surface area contributed by atoms with Crippen LogP contribution >= 0.6 is 22.6 Å². The molecule has 0 bridgehead atoms. The van der Waals surface area contributed by atoms with Gasteiger partial charge in [0.2, 0.25) is 0 Å². The minimum absolute atomic E-state index is 0.0272. The van der Waals surface area contributed by atoms with Crippen LogP contribution in [0, 0.1) is 3.57 Å². The number of alkyl halides is 2. The van der Waals surface area contributed by atoms with Crippen molar-refractivity contribution in [3.8, 4) is 5.75 Å². The van der Waals surface area contributed by atoms with Crippen molar-refractivity contribution in [1.29, 1.82) is 0 Å². The maximum absolute atomic E-state index is 13.1. The Morgan fingerprint density at radius 3 is 2.41 bits per heavy atom. The second kappa shape index (κ2) is 9.41. The lowest BCUT2D eigenvalue weighted by Crippen LogP contribution is -2.34. The van der Waals surface area contributed by atoms with Crippen LogP contribution in [0.5, 0.6) is 5.75 Å². The summed E-state index contributed by atoms with van der Waals surface area (Å²) in [7, 11) is -5.69. The molecule has 12 heteroatoms. The number of benzene rings is 1. The third kappa shape index (κ3) is 7.03. The fraction of sp³-hybridized carbons (Fsp3) is 0.333. The van der Waals surface area contributed by atoms with Crippen LogP contribution in [0.3, 0.4) is 0 Å². The maximum Gasteiger partial charge on any atom is 0.402 e. The quantitative estimate of drug-likeness (QED) is 0.174. The summed E-state index contributed by atoms with van der Waals surface area (Å²) in [4.78, 5) is 22.9. The minimum Gasteiger partial charge on any atom is -0.489 e. The average molecular weight is 520 g/mol. The van der Waals surface area contributed by atoms with Gasteiger partial charge >= 0.3 is 27.3 Å². The SMILES string of the molecule is C=C(C)C(=O)OCCOc1ccc(C(=O)OCC(F)(F)S(=O)(=O)O)cc1I. The molecule has 0 aliphatic heterocycles. The molecule has 0 heterocycles. The van der Waals surface area contributed by atoms with Crippen LogP contribution in [0.25, 0.3) is 0 Å². The van der Waals surface area contributed by atoms with E-state index >= 15 is 0 Å². The molecule has 27 heavy (non-hydrogen) atoms. The van der Waals surface area contributed by atoms with E-state index < -0.39 is 33.9 Å². The highest BCUT2D eigenvalue weighted by molar-refractivity contribution is 14.1. The van der Waals surface area contributed by atoms with Gasteiger partial charge in [-0.05, 0) is 47.7 Å². The van der Waals surface area contributed by atoms with Gasteiger partial charge in [-0.2, -0.15) is 17.2 Å². The highest BCUT2D eigenvalue weighted by atomic mass is 127. The molecule has 1 N–H and O–H groups in total. The monoisotopic (exact) mass is 520 g/mol. The van der Waals surface area contributed by atoms with Gasteiger partial charge in [-0.3, -0.25) is 4.55 Å². The van der Waals surface area contributed by atoms with E-state index in [4.69, 9.17) is 14.0 Å². The highest BCUT2D eigenvalue weighted by Crippen LogP contribution is 2.24. The number of rotatable bonds is 9. The summed E-state index contributed by atoms with van der Waals surface area (Å²) in [5.41, 5.74) is 0.110. The summed E-state index contributed by atoms with van der Waals surface area (Å²) in [6.07, 6.45) is 0. The van der Waals surface area contributed by atoms with Gasteiger partial charge in [0, 0.05) is 5.57 Å². The van der Waals surface area contributed by atoms with Gasteiger partial charge in [-0.1, -0.05) is 6.58 Å². The molecule has 0 spiro atoms. The second-order valence-corrected chi connectivity index (χ2v) is 7.81. The van der Waals surface area contributed by atoms with Gasteiger partial charge in [-0.25, -0.2) is 9.59 Å². The molecule has 0 fully saturated rings. The first-order valence-electron chi connectivity index (χ1n) is 7.12. The van der Waals surface area contributed by atoms with E-state index in [-0.39, 0.29) is 24.4 Å². The van der Waals surface area contributed by atoms with Crippen molar-refractivity contribution in [2.75, 3.05) is 19.8 Å². The molecule has 0 amide bonds. The summed E-state index contributed by atoms with van der Waals surface area (Å²) in [6.45, 7) is 3.09. The van der Waals surface area contributed by atoms with Gasteiger partial charge in [0.15, 0.2) is 6.61 Å². The van der Waals surface area contributed by atoms with Crippen molar-refractivity contribution >= 4 is 44.6 Å². The third-order valence-corrected chi connectivity index (χ3v) is 4.55. The van der Waals surface area contributed by atoms with Crippen molar-refractivity contribution in [3.63, 3.8) is 0 Å². The summed E-state index contributed by atoms with van der Waals surface area (Å²) in [5, 5.41) is -4.61. The number of carbonyl (C=O) groups excluding carboxylic acids is 2. The lowest BCUT2D eigenvalue weighted by Gasteiger charge is -2.13. The summed E-state index contributed by atoms with van der Waals surface area (Å²) >= 11 is 1.81. The first-order chi connectivity index (χ1) is 12.3. The molecular formula is C15H15F2IO8S. The Bertz CT molecular complexity index is 838. The molecule has 150 valence electrons. The average Bonchev–Trinajstić information content (AvgIpc) is 2.56. The van der Waals surface area contributed by atoms with E-state index in [0.717, 1.165) is 0 Å². The Balaban J connectivity index is 2.63. The van der Waals surface area contributed by atoms with E-state index in [9.17, 15) is 26.8 Å². The summed E-state index contributed by atoms with van der Waals surface area (Å²) in [5.74, 6) is -1.44. The fourth-order valence-corrected chi connectivity index (χ4v) is 2.34. The molecule has 0 atom stereocenters. The van der Waals surface area contributed by atoms with Gasteiger partial charge in [-0.15, -0.1) is 0 Å². The number of hydrogen-bond acceptors (Lipinski definition) is 7. The highest BCUT2D eigenvalue weighted by Gasteiger charge is 2.45. The molecule has 0 aliphatic carbocycles. The van der Waals surface area contributed by atoms with E-state index in [2.05, 4.69) is 11.3 Å². The number of ether oxygens (including phenoxy) is 3. The standard InChI is InChI=1S/C15H15F2IO8S/c1-9(2)13(19)25-6-5-24-12-4-3-10(7-11(12)18)14(20)26-8-15(16,17)27(21,22)23/h3-4,7H,1,5-6,8H2,2H3,(H,21,22,23). The van der Waals surface area contributed by atoms with Gasteiger partial charge in [0.1, 0.15) is 19.0 Å². The third-order valence-electron chi connectivity index (χ3n) is 2.84. The largest absolute Gasteiger partial charge is 0.489 e. The molecule has 0 saturated heterocycles. The van der Waals surface area contributed by atoms with Crippen molar-refractivity contribution < 1.29 is 45.6 Å². The van der Waals surface area contributed by atoms with Gasteiger partial charge < -0.3 is 14.2 Å². The Morgan fingerprint density at radius 2 is 1.89 bits per heavy atom. The first-order valence-corrected chi connectivity index (χ1v) is 9.64.